The largest absolute Gasteiger partial charge is 0.395 e. The van der Waals surface area contributed by atoms with Crippen LogP contribution in [0.3, 0.4) is 0 Å². The number of nitrogen functional groups attached to an aromatic ring is 1. The van der Waals surface area contributed by atoms with E-state index < -0.39 is 0 Å². The number of amides is 1. The maximum atomic E-state index is 12.2. The summed E-state index contributed by atoms with van der Waals surface area (Å²) in [6.07, 6.45) is 0. The van der Waals surface area contributed by atoms with E-state index in [1.807, 2.05) is 13.8 Å². The second kappa shape index (κ2) is 4.75. The van der Waals surface area contributed by atoms with Gasteiger partial charge in [-0.05, 0) is 20.8 Å². The summed E-state index contributed by atoms with van der Waals surface area (Å²) in [5, 5.41) is 10.5. The number of rotatable bonds is 3. The van der Waals surface area contributed by atoms with Crippen molar-refractivity contribution in [2.75, 3.05) is 12.8 Å². The number of H-pyrrole nitrogens is 1. The third kappa shape index (κ3) is 2.31. The zero-order valence-electron chi connectivity index (χ0n) is 11.4. The van der Waals surface area contributed by atoms with E-state index in [0.717, 1.165) is 11.3 Å². The number of aromatic nitrogens is 3. The van der Waals surface area contributed by atoms with Gasteiger partial charge in [0.1, 0.15) is 5.76 Å². The maximum Gasteiger partial charge on any atom is 0.276 e. The minimum absolute atomic E-state index is 0.234. The smallest absolute Gasteiger partial charge is 0.276 e. The van der Waals surface area contributed by atoms with Gasteiger partial charge in [-0.25, -0.2) is 0 Å². The van der Waals surface area contributed by atoms with Crippen LogP contribution in [0.2, 0.25) is 0 Å². The van der Waals surface area contributed by atoms with Crippen molar-refractivity contribution in [2.24, 2.45) is 0 Å². The molecule has 0 aliphatic rings. The first-order chi connectivity index (χ1) is 8.91. The predicted molar refractivity (Wildman–Crippen MR) is 69.5 cm³/mol. The van der Waals surface area contributed by atoms with E-state index >= 15 is 0 Å². The molecule has 0 aliphatic carbocycles. The zero-order valence-corrected chi connectivity index (χ0v) is 11.4. The van der Waals surface area contributed by atoms with Crippen LogP contribution in [0.5, 0.6) is 0 Å². The molecule has 102 valence electrons. The minimum Gasteiger partial charge on any atom is -0.395 e. The van der Waals surface area contributed by atoms with Crippen molar-refractivity contribution in [1.29, 1.82) is 0 Å². The number of nitrogens with zero attached hydrogens (tertiary/aromatic N) is 3. The van der Waals surface area contributed by atoms with Crippen LogP contribution in [0, 0.1) is 20.8 Å². The molecule has 0 saturated heterocycles. The zero-order chi connectivity index (χ0) is 14.2. The lowest BCUT2D eigenvalue weighted by Gasteiger charge is -2.15. The molecule has 0 fully saturated rings. The van der Waals surface area contributed by atoms with Gasteiger partial charge in [-0.15, -0.1) is 0 Å². The van der Waals surface area contributed by atoms with Gasteiger partial charge in [0.25, 0.3) is 5.91 Å². The summed E-state index contributed by atoms with van der Waals surface area (Å²) in [6, 6.07) is 0. The summed E-state index contributed by atoms with van der Waals surface area (Å²) < 4.78 is 5.08. The number of carbonyl (C=O) groups excluding carboxylic acids is 1. The molecule has 7 heteroatoms. The molecule has 19 heavy (non-hydrogen) atoms. The fraction of sp³-hybridized carbons (Fsp3) is 0.417. The van der Waals surface area contributed by atoms with E-state index in [9.17, 15) is 4.79 Å². The molecule has 0 radical (unpaired) electrons. The van der Waals surface area contributed by atoms with E-state index in [2.05, 4.69) is 15.4 Å². The highest BCUT2D eigenvalue weighted by atomic mass is 16.5. The summed E-state index contributed by atoms with van der Waals surface area (Å²) in [5.74, 6) is 0.477. The Labute approximate surface area is 110 Å². The molecule has 2 heterocycles. The van der Waals surface area contributed by atoms with Crippen LogP contribution in [0.1, 0.15) is 33.2 Å². The number of aryl methyl sites for hydroxylation is 3. The van der Waals surface area contributed by atoms with Gasteiger partial charge in [0.2, 0.25) is 0 Å². The molecule has 0 aliphatic heterocycles. The molecule has 1 amide bonds. The number of nitrogens with two attached hydrogens (primary N) is 1. The summed E-state index contributed by atoms with van der Waals surface area (Å²) >= 11 is 0. The molecule has 2 rings (SSSR count). The molecular formula is C12H17N5O2. The van der Waals surface area contributed by atoms with Crippen molar-refractivity contribution in [3.8, 4) is 0 Å². The summed E-state index contributed by atoms with van der Waals surface area (Å²) in [5.41, 5.74) is 8.80. The average molecular weight is 263 g/mol. The minimum atomic E-state index is -0.234. The van der Waals surface area contributed by atoms with E-state index in [0.29, 0.717) is 23.7 Å². The van der Waals surface area contributed by atoms with Crippen molar-refractivity contribution < 1.29 is 9.32 Å². The standard InChI is InChI=1S/C12H17N5O2/c1-6-9(8(3)19-16-6)5-17(4)12(18)11-10(13)7(2)14-15-11/h5,13H2,1-4H3,(H,14,15). The summed E-state index contributed by atoms with van der Waals surface area (Å²) in [6.45, 7) is 5.84. The molecule has 2 aromatic heterocycles. The van der Waals surface area contributed by atoms with Crippen molar-refractivity contribution in [3.05, 3.63) is 28.4 Å². The molecule has 0 spiro atoms. The number of aromatic amines is 1. The Kier molecular flexibility index (Phi) is 3.28. The first-order valence-corrected chi connectivity index (χ1v) is 5.89. The Bertz CT molecular complexity index is 594. The second-order valence-electron chi connectivity index (χ2n) is 4.57. The van der Waals surface area contributed by atoms with Crippen LogP contribution in [-0.4, -0.2) is 33.2 Å². The summed E-state index contributed by atoms with van der Waals surface area (Å²) in [4.78, 5) is 13.8. The number of anilines is 1. The van der Waals surface area contributed by atoms with Gasteiger partial charge >= 0.3 is 0 Å². The van der Waals surface area contributed by atoms with E-state index in [-0.39, 0.29) is 11.6 Å². The fourth-order valence-corrected chi connectivity index (χ4v) is 1.82. The van der Waals surface area contributed by atoms with Gasteiger partial charge in [0.15, 0.2) is 5.69 Å². The molecule has 0 aromatic carbocycles. The van der Waals surface area contributed by atoms with Gasteiger partial charge in [-0.1, -0.05) is 5.16 Å². The number of nitrogens with one attached hydrogen (secondary N) is 1. The summed E-state index contributed by atoms with van der Waals surface area (Å²) in [7, 11) is 1.69. The molecule has 0 atom stereocenters. The Morgan fingerprint density at radius 3 is 2.58 bits per heavy atom. The second-order valence-corrected chi connectivity index (χ2v) is 4.57. The van der Waals surface area contributed by atoms with E-state index in [1.165, 1.54) is 0 Å². The first kappa shape index (κ1) is 13.1. The van der Waals surface area contributed by atoms with Crippen LogP contribution in [0.4, 0.5) is 5.69 Å². The highest BCUT2D eigenvalue weighted by Gasteiger charge is 2.21. The Balaban J connectivity index is 2.19. The van der Waals surface area contributed by atoms with Gasteiger partial charge in [-0.2, -0.15) is 5.10 Å². The fourth-order valence-electron chi connectivity index (χ4n) is 1.82. The Hall–Kier alpha value is -2.31. The van der Waals surface area contributed by atoms with Crippen LogP contribution < -0.4 is 5.73 Å². The lowest BCUT2D eigenvalue weighted by molar-refractivity contribution is 0.0779. The maximum absolute atomic E-state index is 12.2. The molecule has 7 nitrogen and oxygen atoms in total. The van der Waals surface area contributed by atoms with Crippen LogP contribution in [0.15, 0.2) is 4.52 Å². The third-order valence-corrected chi connectivity index (χ3v) is 3.12. The highest BCUT2D eigenvalue weighted by Crippen LogP contribution is 2.18. The van der Waals surface area contributed by atoms with Gasteiger partial charge in [0, 0.05) is 12.6 Å². The van der Waals surface area contributed by atoms with Crippen molar-refractivity contribution in [1.82, 2.24) is 20.3 Å². The molecule has 0 bridgehead atoms. The lowest BCUT2D eigenvalue weighted by Crippen LogP contribution is -2.27. The predicted octanol–water partition coefficient (Wildman–Crippen LogP) is 1.18. The van der Waals surface area contributed by atoms with Crippen LogP contribution >= 0.6 is 0 Å². The molecule has 3 N–H and O–H groups in total. The number of hydrogen-bond donors (Lipinski definition) is 2. The first-order valence-electron chi connectivity index (χ1n) is 5.89. The molecule has 0 unspecified atom stereocenters. The van der Waals surface area contributed by atoms with Gasteiger partial charge in [0.05, 0.1) is 23.6 Å². The normalized spacial score (nSPS) is 10.7. The quantitative estimate of drug-likeness (QED) is 0.865. The van der Waals surface area contributed by atoms with Gasteiger partial charge < -0.3 is 15.2 Å². The molecular weight excluding hydrogens is 246 g/mol. The van der Waals surface area contributed by atoms with E-state index in [4.69, 9.17) is 10.3 Å². The van der Waals surface area contributed by atoms with Crippen molar-refractivity contribution >= 4 is 11.6 Å². The lowest BCUT2D eigenvalue weighted by atomic mass is 10.2. The van der Waals surface area contributed by atoms with Crippen molar-refractivity contribution in [3.63, 3.8) is 0 Å². The Morgan fingerprint density at radius 2 is 2.11 bits per heavy atom. The van der Waals surface area contributed by atoms with E-state index in [1.54, 1.807) is 18.9 Å². The molecule has 2 aromatic rings. The monoisotopic (exact) mass is 263 g/mol. The third-order valence-electron chi connectivity index (χ3n) is 3.12. The molecule has 0 saturated carbocycles. The highest BCUT2D eigenvalue weighted by molar-refractivity contribution is 5.97. The SMILES string of the molecule is Cc1noc(C)c1CN(C)C(=O)c1n[nH]c(C)c1N. The van der Waals surface area contributed by atoms with Crippen LogP contribution in [0.25, 0.3) is 0 Å². The number of carbonyl (C=O) groups is 1. The number of hydrogen-bond acceptors (Lipinski definition) is 5. The van der Waals surface area contributed by atoms with Crippen LogP contribution in [-0.2, 0) is 6.54 Å². The van der Waals surface area contributed by atoms with Gasteiger partial charge in [-0.3, -0.25) is 9.89 Å². The van der Waals surface area contributed by atoms with Crippen molar-refractivity contribution in [2.45, 2.75) is 27.3 Å². The topological polar surface area (TPSA) is 101 Å². The average Bonchev–Trinajstić information content (AvgIpc) is 2.86. The Morgan fingerprint density at radius 1 is 1.42 bits per heavy atom.